The molecule has 3 aromatic rings. The predicted octanol–water partition coefficient (Wildman–Crippen LogP) is 6.91. The molecule has 0 bridgehead atoms. The molecule has 1 aliphatic rings. The molecular weight excluding hydrogens is 528 g/mol. The van der Waals surface area contributed by atoms with Gasteiger partial charge in [0.15, 0.2) is 5.82 Å². The Morgan fingerprint density at radius 3 is 2.90 bits per heavy atom. The van der Waals surface area contributed by atoms with E-state index in [0.717, 1.165) is 33.3 Å². The lowest BCUT2D eigenvalue weighted by Crippen LogP contribution is -2.28. The second-order valence-corrected chi connectivity index (χ2v) is 11.2. The maximum atomic E-state index is 10.2. The fraction of sp³-hybridized carbons (Fsp3) is 0.409. The maximum Gasteiger partial charge on any atom is 0.158 e. The summed E-state index contributed by atoms with van der Waals surface area (Å²) in [6.45, 7) is 7.03. The van der Waals surface area contributed by atoms with Crippen molar-refractivity contribution < 1.29 is 5.11 Å². The zero-order valence-electron chi connectivity index (χ0n) is 17.2. The lowest BCUT2D eigenvalue weighted by molar-refractivity contribution is 0.184. The quantitative estimate of drug-likeness (QED) is 0.267. The van der Waals surface area contributed by atoms with Crippen LogP contribution in [0.5, 0.6) is 5.75 Å². The SMILES string of the molecule is CCC(C)(C)[C@@H]1CCc2sc3ncnc(N/N=C\c4cc(Br)cc(Br)c4O)c3c2C1. The van der Waals surface area contributed by atoms with Crippen LogP contribution in [-0.2, 0) is 12.8 Å². The number of hydrogen-bond donors (Lipinski definition) is 2. The normalized spacial score (nSPS) is 16.9. The first kappa shape index (κ1) is 21.7. The smallest absolute Gasteiger partial charge is 0.158 e. The van der Waals surface area contributed by atoms with E-state index in [-0.39, 0.29) is 5.75 Å². The molecule has 30 heavy (non-hydrogen) atoms. The molecule has 0 saturated heterocycles. The number of phenols is 1. The van der Waals surface area contributed by atoms with E-state index >= 15 is 0 Å². The molecule has 0 aliphatic heterocycles. The van der Waals surface area contributed by atoms with E-state index in [4.69, 9.17) is 0 Å². The van der Waals surface area contributed by atoms with Gasteiger partial charge in [0.2, 0.25) is 0 Å². The van der Waals surface area contributed by atoms with Gasteiger partial charge in [-0.05, 0) is 64.2 Å². The Kier molecular flexibility index (Phi) is 6.19. The average molecular weight is 552 g/mol. The Hall–Kier alpha value is -1.51. The van der Waals surface area contributed by atoms with E-state index in [0.29, 0.717) is 21.4 Å². The highest BCUT2D eigenvalue weighted by Crippen LogP contribution is 2.45. The van der Waals surface area contributed by atoms with Crippen molar-refractivity contribution in [1.82, 2.24) is 9.97 Å². The number of hydrogen-bond acceptors (Lipinski definition) is 6. The summed E-state index contributed by atoms with van der Waals surface area (Å²) >= 11 is 8.56. The van der Waals surface area contributed by atoms with Gasteiger partial charge in [-0.3, -0.25) is 5.43 Å². The molecule has 8 heteroatoms. The molecule has 0 spiro atoms. The first-order valence-electron chi connectivity index (χ1n) is 10.0. The molecule has 2 heterocycles. The Labute approximate surface area is 197 Å². The summed E-state index contributed by atoms with van der Waals surface area (Å²) < 4.78 is 1.47. The van der Waals surface area contributed by atoms with Gasteiger partial charge in [0.05, 0.1) is 16.1 Å². The molecule has 1 aromatic carbocycles. The number of aromatic hydroxyl groups is 1. The minimum absolute atomic E-state index is 0.147. The van der Waals surface area contributed by atoms with E-state index in [1.54, 1.807) is 29.9 Å². The molecule has 0 radical (unpaired) electrons. The summed E-state index contributed by atoms with van der Waals surface area (Å²) in [7, 11) is 0. The lowest BCUT2D eigenvalue weighted by atomic mass is 9.69. The Morgan fingerprint density at radius 2 is 2.13 bits per heavy atom. The molecule has 1 atom stereocenters. The molecule has 1 aliphatic carbocycles. The summed E-state index contributed by atoms with van der Waals surface area (Å²) in [6.07, 6.45) is 7.75. The average Bonchev–Trinajstić information content (AvgIpc) is 3.10. The van der Waals surface area contributed by atoms with Gasteiger partial charge in [0, 0.05) is 14.9 Å². The van der Waals surface area contributed by atoms with Crippen LogP contribution in [0.15, 0.2) is 32.5 Å². The summed E-state index contributed by atoms with van der Waals surface area (Å²) in [6, 6.07) is 3.60. The third-order valence-corrected chi connectivity index (χ3v) is 8.55. The van der Waals surface area contributed by atoms with Crippen LogP contribution in [0.4, 0.5) is 5.82 Å². The number of phenolic OH excluding ortho intramolecular Hbond substituents is 1. The third kappa shape index (κ3) is 4.14. The number of aryl methyl sites for hydroxylation is 1. The van der Waals surface area contributed by atoms with E-state index in [2.05, 4.69) is 73.1 Å². The summed E-state index contributed by atoms with van der Waals surface area (Å²) in [4.78, 5) is 11.4. The first-order chi connectivity index (χ1) is 14.3. The summed E-state index contributed by atoms with van der Waals surface area (Å²) in [5, 5.41) is 15.7. The summed E-state index contributed by atoms with van der Waals surface area (Å²) in [5.74, 6) is 1.52. The second kappa shape index (κ2) is 8.55. The lowest BCUT2D eigenvalue weighted by Gasteiger charge is -2.36. The summed E-state index contributed by atoms with van der Waals surface area (Å²) in [5.41, 5.74) is 5.38. The predicted molar refractivity (Wildman–Crippen MR) is 132 cm³/mol. The van der Waals surface area contributed by atoms with Gasteiger partial charge in [0.1, 0.15) is 16.9 Å². The van der Waals surface area contributed by atoms with Gasteiger partial charge in [0.25, 0.3) is 0 Å². The van der Waals surface area contributed by atoms with Gasteiger partial charge in [-0.1, -0.05) is 43.1 Å². The highest BCUT2D eigenvalue weighted by atomic mass is 79.9. The number of nitrogens with one attached hydrogen (secondary N) is 1. The molecule has 4 rings (SSSR count). The molecule has 0 saturated carbocycles. The van der Waals surface area contributed by atoms with Crippen LogP contribution in [0, 0.1) is 11.3 Å². The van der Waals surface area contributed by atoms with Crippen LogP contribution in [0.1, 0.15) is 49.6 Å². The highest BCUT2D eigenvalue weighted by molar-refractivity contribution is 9.11. The van der Waals surface area contributed by atoms with Crippen LogP contribution >= 0.6 is 43.2 Å². The van der Waals surface area contributed by atoms with Gasteiger partial charge in [-0.15, -0.1) is 11.3 Å². The van der Waals surface area contributed by atoms with Crippen LogP contribution in [0.25, 0.3) is 10.2 Å². The van der Waals surface area contributed by atoms with Crippen molar-refractivity contribution >= 4 is 65.4 Å². The van der Waals surface area contributed by atoms with Crippen LogP contribution < -0.4 is 5.43 Å². The van der Waals surface area contributed by atoms with Crippen molar-refractivity contribution in [3.63, 3.8) is 0 Å². The number of thiophene rings is 1. The Balaban J connectivity index is 1.66. The van der Waals surface area contributed by atoms with E-state index in [1.807, 2.05) is 6.07 Å². The molecule has 2 N–H and O–H groups in total. The topological polar surface area (TPSA) is 70.4 Å². The molecule has 0 unspecified atom stereocenters. The minimum atomic E-state index is 0.147. The van der Waals surface area contributed by atoms with E-state index < -0.39 is 0 Å². The Bertz CT molecular complexity index is 1130. The monoisotopic (exact) mass is 550 g/mol. The van der Waals surface area contributed by atoms with Crippen LogP contribution in [-0.4, -0.2) is 21.3 Å². The number of nitrogens with zero attached hydrogens (tertiary/aromatic N) is 3. The number of benzene rings is 1. The van der Waals surface area contributed by atoms with Crippen molar-refractivity contribution in [2.75, 3.05) is 5.43 Å². The van der Waals surface area contributed by atoms with Gasteiger partial charge in [-0.25, -0.2) is 9.97 Å². The van der Waals surface area contributed by atoms with E-state index in [9.17, 15) is 5.11 Å². The number of aromatic nitrogens is 2. The second-order valence-electron chi connectivity index (χ2n) is 8.38. The van der Waals surface area contributed by atoms with Crippen LogP contribution in [0.2, 0.25) is 0 Å². The maximum absolute atomic E-state index is 10.2. The number of rotatable bonds is 5. The van der Waals surface area contributed by atoms with E-state index in [1.165, 1.54) is 23.3 Å². The largest absolute Gasteiger partial charge is 0.506 e. The molecule has 5 nitrogen and oxygen atoms in total. The van der Waals surface area contributed by atoms with Crippen LogP contribution in [0.3, 0.4) is 0 Å². The highest BCUT2D eigenvalue weighted by Gasteiger charge is 2.33. The minimum Gasteiger partial charge on any atom is -0.506 e. The number of hydrazone groups is 1. The zero-order chi connectivity index (χ0) is 21.5. The Morgan fingerprint density at radius 1 is 1.33 bits per heavy atom. The zero-order valence-corrected chi connectivity index (χ0v) is 21.2. The van der Waals surface area contributed by atoms with Crippen molar-refractivity contribution in [2.24, 2.45) is 16.4 Å². The van der Waals surface area contributed by atoms with Gasteiger partial charge < -0.3 is 5.11 Å². The third-order valence-electron chi connectivity index (χ3n) is 6.29. The van der Waals surface area contributed by atoms with Crippen molar-refractivity contribution in [2.45, 2.75) is 46.5 Å². The number of halogens is 2. The van der Waals surface area contributed by atoms with Crippen molar-refractivity contribution in [1.29, 1.82) is 0 Å². The fourth-order valence-electron chi connectivity index (χ4n) is 4.00. The molecular formula is C22H24Br2N4OS. The molecule has 158 valence electrons. The van der Waals surface area contributed by atoms with Crippen molar-refractivity contribution in [3.05, 3.63) is 43.4 Å². The number of anilines is 1. The standard InChI is InChI=1S/C22H24Br2N4OS/c1-4-22(2,3)13-5-6-17-15(8-13)18-20(25-11-26-21(18)30-17)28-27-10-12-7-14(23)9-16(24)19(12)29/h7,9-11,13,29H,4-6,8H2,1-3H3,(H,25,26,28)/b27-10-/t13-/m1/s1. The van der Waals surface area contributed by atoms with Crippen molar-refractivity contribution in [3.8, 4) is 5.75 Å². The molecule has 0 amide bonds. The molecule has 0 fully saturated rings. The molecule has 2 aromatic heterocycles. The number of fused-ring (bicyclic) bond motifs is 3. The first-order valence-corrected chi connectivity index (χ1v) is 12.4. The van der Waals surface area contributed by atoms with Gasteiger partial charge >= 0.3 is 0 Å². The van der Waals surface area contributed by atoms with Gasteiger partial charge in [-0.2, -0.15) is 5.10 Å². The fourth-order valence-corrected chi connectivity index (χ4v) is 6.44.